The monoisotopic (exact) mass is 328 g/mol. The van der Waals surface area contributed by atoms with Crippen LogP contribution in [0.1, 0.15) is 75.2 Å². The van der Waals surface area contributed by atoms with Gasteiger partial charge in [-0.2, -0.15) is 0 Å². The lowest BCUT2D eigenvalue weighted by molar-refractivity contribution is 0.387. The van der Waals surface area contributed by atoms with Gasteiger partial charge < -0.3 is 0 Å². The van der Waals surface area contributed by atoms with Gasteiger partial charge in [-0.3, -0.25) is 0 Å². The van der Waals surface area contributed by atoms with Gasteiger partial charge in [-0.05, 0) is 34.8 Å². The molecule has 0 N–H and O–H groups in total. The van der Waals surface area contributed by atoms with Crippen LogP contribution < -0.4 is 0 Å². The molecule has 0 aliphatic carbocycles. The summed E-state index contributed by atoms with van der Waals surface area (Å²) in [7, 11) is 0. The van der Waals surface area contributed by atoms with Crippen LogP contribution in [0.15, 0.2) is 60.3 Å². The fourth-order valence-corrected chi connectivity index (χ4v) is 3.81. The minimum atomic E-state index is -0.0605. The van der Waals surface area contributed by atoms with Gasteiger partial charge in [0.2, 0.25) is 0 Å². The Morgan fingerprint density at radius 3 is 1.58 bits per heavy atom. The van der Waals surface area contributed by atoms with Gasteiger partial charge in [-0.25, -0.2) is 0 Å². The maximum atomic E-state index is 4.17. The van der Waals surface area contributed by atoms with E-state index in [1.54, 1.807) is 0 Å². The van der Waals surface area contributed by atoms with Crippen molar-refractivity contribution in [3.63, 3.8) is 0 Å². The second-order valence-corrected chi connectivity index (χ2v) is 9.22. The van der Waals surface area contributed by atoms with Crippen LogP contribution in [-0.4, -0.2) is 0 Å². The van der Waals surface area contributed by atoms with Gasteiger partial charge in [0.25, 0.3) is 0 Å². The highest BCUT2D eigenvalue weighted by Gasteiger charge is 2.33. The van der Waals surface area contributed by atoms with Crippen molar-refractivity contribution in [1.29, 1.82) is 0 Å². The van der Waals surface area contributed by atoms with Gasteiger partial charge in [-0.15, -0.1) is 13.2 Å². The average molecular weight is 329 g/mol. The zero-order valence-corrected chi connectivity index (χ0v) is 17.8. The van der Waals surface area contributed by atoms with Gasteiger partial charge in [-0.1, -0.05) is 98.3 Å². The maximum Gasteiger partial charge on any atom is 0.00428 e. The molecule has 0 aromatic heterocycles. The van der Waals surface area contributed by atoms with E-state index in [9.17, 15) is 0 Å². The van der Waals surface area contributed by atoms with Crippen molar-refractivity contribution in [3.05, 3.63) is 60.3 Å². The lowest BCUT2D eigenvalue weighted by Gasteiger charge is -2.39. The maximum absolute atomic E-state index is 4.17. The van der Waals surface area contributed by atoms with E-state index in [-0.39, 0.29) is 16.2 Å². The molecule has 0 unspecified atom stereocenters. The van der Waals surface area contributed by atoms with Crippen LogP contribution in [0.25, 0.3) is 0 Å². The summed E-state index contributed by atoms with van der Waals surface area (Å²) in [5, 5.41) is 0. The van der Waals surface area contributed by atoms with E-state index in [0.29, 0.717) is 0 Å². The Morgan fingerprint density at radius 2 is 1.33 bits per heavy atom. The van der Waals surface area contributed by atoms with Crippen molar-refractivity contribution in [2.24, 2.45) is 16.2 Å². The third kappa shape index (κ3) is 5.36. The summed E-state index contributed by atoms with van der Waals surface area (Å²) in [4.78, 5) is 0. The van der Waals surface area contributed by atoms with E-state index in [4.69, 9.17) is 0 Å². The van der Waals surface area contributed by atoms with Crippen molar-refractivity contribution in [1.82, 2.24) is 0 Å². The van der Waals surface area contributed by atoms with E-state index in [2.05, 4.69) is 88.1 Å². The van der Waals surface area contributed by atoms with Crippen molar-refractivity contribution >= 4 is 0 Å². The molecule has 136 valence electrons. The molecule has 0 aliphatic heterocycles. The minimum Gasteiger partial charge on any atom is -0.103 e. The highest BCUT2D eigenvalue weighted by molar-refractivity contribution is 5.50. The molecule has 0 radical (unpaired) electrons. The first kappa shape index (κ1) is 22.7. The molecule has 0 aromatic carbocycles. The van der Waals surface area contributed by atoms with Gasteiger partial charge in [0, 0.05) is 5.41 Å². The van der Waals surface area contributed by atoms with E-state index < -0.39 is 0 Å². The number of allylic oxidation sites excluding steroid dienone is 7. The molecule has 0 saturated heterocycles. The Morgan fingerprint density at radius 1 is 0.833 bits per heavy atom. The summed E-state index contributed by atoms with van der Waals surface area (Å²) >= 11 is 0. The number of hydrogen-bond donors (Lipinski definition) is 0. The molecule has 0 saturated carbocycles. The van der Waals surface area contributed by atoms with E-state index in [1.807, 2.05) is 12.2 Å². The fraction of sp³-hybridized carbons (Fsp3) is 0.583. The average Bonchev–Trinajstić information content (AvgIpc) is 2.42. The largest absolute Gasteiger partial charge is 0.103 e. The Labute approximate surface area is 152 Å². The third-order valence-electron chi connectivity index (χ3n) is 4.67. The van der Waals surface area contributed by atoms with E-state index >= 15 is 0 Å². The minimum absolute atomic E-state index is 0.0605. The molecule has 0 atom stereocenters. The summed E-state index contributed by atoms with van der Waals surface area (Å²) in [5.74, 6) is 0. The van der Waals surface area contributed by atoms with Gasteiger partial charge in [0.1, 0.15) is 0 Å². The first-order chi connectivity index (χ1) is 10.8. The Kier molecular flexibility index (Phi) is 7.74. The molecule has 0 aliphatic rings. The molecule has 0 rings (SSSR count). The zero-order chi connectivity index (χ0) is 19.3. The van der Waals surface area contributed by atoms with Crippen LogP contribution in [0.5, 0.6) is 0 Å². The summed E-state index contributed by atoms with van der Waals surface area (Å²) < 4.78 is 0. The summed E-state index contributed by atoms with van der Waals surface area (Å²) in [6.45, 7) is 32.8. The number of rotatable bonds is 7. The van der Waals surface area contributed by atoms with Crippen LogP contribution in [-0.2, 0) is 0 Å². The molecule has 24 heavy (non-hydrogen) atoms. The topological polar surface area (TPSA) is 0 Å². The highest BCUT2D eigenvalue weighted by atomic mass is 14.4. The lowest BCUT2D eigenvalue weighted by Crippen LogP contribution is -2.26. The van der Waals surface area contributed by atoms with Crippen molar-refractivity contribution < 1.29 is 0 Å². The van der Waals surface area contributed by atoms with Crippen molar-refractivity contribution in [2.45, 2.75) is 75.2 Å². The van der Waals surface area contributed by atoms with Crippen LogP contribution in [0.3, 0.4) is 0 Å². The normalized spacial score (nSPS) is 15.4. The molecule has 0 heterocycles. The van der Waals surface area contributed by atoms with Gasteiger partial charge >= 0.3 is 0 Å². The molecular weight excluding hydrogens is 288 g/mol. The predicted molar refractivity (Wildman–Crippen MR) is 112 cm³/mol. The molecular formula is C24H40. The molecule has 0 nitrogen and oxygen atoms in total. The zero-order valence-electron chi connectivity index (χ0n) is 17.8. The molecule has 0 heteroatoms. The van der Waals surface area contributed by atoms with E-state index in [0.717, 1.165) is 12.8 Å². The van der Waals surface area contributed by atoms with E-state index in [1.165, 1.54) is 22.3 Å². The van der Waals surface area contributed by atoms with Crippen LogP contribution in [0.4, 0.5) is 0 Å². The second kappa shape index (κ2) is 8.19. The van der Waals surface area contributed by atoms with Crippen LogP contribution in [0.2, 0.25) is 0 Å². The molecule has 0 amide bonds. The fourth-order valence-electron chi connectivity index (χ4n) is 3.81. The quantitative estimate of drug-likeness (QED) is 0.327. The van der Waals surface area contributed by atoms with Gasteiger partial charge in [0.15, 0.2) is 0 Å². The molecule has 0 spiro atoms. The summed E-state index contributed by atoms with van der Waals surface area (Å²) in [6, 6.07) is 0. The highest BCUT2D eigenvalue weighted by Crippen LogP contribution is 2.46. The Balaban J connectivity index is 7.09. The third-order valence-corrected chi connectivity index (χ3v) is 4.67. The molecule has 0 bridgehead atoms. The lowest BCUT2D eigenvalue weighted by atomic mass is 9.66. The SMILES string of the molecule is C=CC/C(=C(C=C)\C(CC)=C(\C(C)(C)C)C(C)(C)C=C)C(C)(C)C. The van der Waals surface area contributed by atoms with Crippen LogP contribution in [0, 0.1) is 16.2 Å². The van der Waals surface area contributed by atoms with Crippen LogP contribution >= 0.6 is 0 Å². The standard InChI is InChI=1S/C24H40/c1-13-17-20(22(5,6)7)18(14-2)19(15-3)21(23(8,9)10)24(11,12)16-4/h13-14,16H,1-2,4,15,17H2,3,5-12H3/b20-18+,21-19-. The van der Waals surface area contributed by atoms with Gasteiger partial charge in [0.05, 0.1) is 0 Å². The Bertz CT molecular complexity index is 534. The second-order valence-electron chi connectivity index (χ2n) is 9.22. The smallest absolute Gasteiger partial charge is 0.00428 e. The number of hydrogen-bond acceptors (Lipinski definition) is 0. The van der Waals surface area contributed by atoms with Crippen molar-refractivity contribution in [3.8, 4) is 0 Å². The first-order valence-electron chi connectivity index (χ1n) is 9.12. The van der Waals surface area contributed by atoms with Crippen molar-refractivity contribution in [2.75, 3.05) is 0 Å². The summed E-state index contributed by atoms with van der Waals surface area (Å²) in [5.41, 5.74) is 5.65. The molecule has 0 fully saturated rings. The summed E-state index contributed by atoms with van der Waals surface area (Å²) in [6.07, 6.45) is 8.01. The molecule has 0 aromatic rings. The predicted octanol–water partition coefficient (Wildman–Crippen LogP) is 8.06. The Hall–Kier alpha value is -1.30. The first-order valence-corrected chi connectivity index (χ1v) is 9.12.